The van der Waals surface area contributed by atoms with E-state index in [1.165, 1.54) is 0 Å². The van der Waals surface area contributed by atoms with Gasteiger partial charge in [0, 0.05) is 51.4 Å². The first-order chi connectivity index (χ1) is 5.84. The summed E-state index contributed by atoms with van der Waals surface area (Å²) in [6.45, 7) is 2.46. The van der Waals surface area contributed by atoms with Gasteiger partial charge in [0.05, 0.1) is 12.2 Å². The molecule has 0 saturated heterocycles. The van der Waals surface area contributed by atoms with Gasteiger partial charge in [-0.25, -0.2) is 4.79 Å². The third-order valence-electron chi connectivity index (χ3n) is 1.45. The third kappa shape index (κ3) is 4.93. The van der Waals surface area contributed by atoms with Gasteiger partial charge in [-0.3, -0.25) is 0 Å². The summed E-state index contributed by atoms with van der Waals surface area (Å²) >= 11 is 0. The van der Waals surface area contributed by atoms with Gasteiger partial charge in [-0.2, -0.15) is 0 Å². The second-order valence-corrected chi connectivity index (χ2v) is 2.50. The molecule has 2 nitrogen and oxygen atoms in total. The van der Waals surface area contributed by atoms with Crippen molar-refractivity contribution >= 4 is 57.4 Å². The van der Waals surface area contributed by atoms with E-state index in [4.69, 9.17) is 4.74 Å². The Kier molecular flexibility index (Phi) is 7.90. The van der Waals surface area contributed by atoms with Gasteiger partial charge in [0.2, 0.25) is 0 Å². The van der Waals surface area contributed by atoms with Crippen LogP contribution in [-0.2, 0) is 4.74 Å². The average Bonchev–Trinajstić information content (AvgIpc) is 2.15. The van der Waals surface area contributed by atoms with Crippen molar-refractivity contribution in [1.82, 2.24) is 0 Å². The van der Waals surface area contributed by atoms with Crippen LogP contribution in [0.4, 0.5) is 0 Å². The molecule has 1 aromatic carbocycles. The Hall–Kier alpha value is 0.326. The fourth-order valence-electron chi connectivity index (χ4n) is 0.852. The minimum atomic E-state index is -0.238. The molecule has 0 heterocycles. The SMILES string of the molecule is CCCOC(=O)c1ccccc1.[K]. The third-order valence-corrected chi connectivity index (χ3v) is 1.45. The Balaban J connectivity index is 0.00000144. The molecule has 3 heteroatoms. The Labute approximate surface area is 121 Å². The van der Waals surface area contributed by atoms with Gasteiger partial charge >= 0.3 is 5.97 Å². The van der Waals surface area contributed by atoms with Gasteiger partial charge in [0.1, 0.15) is 0 Å². The summed E-state index contributed by atoms with van der Waals surface area (Å²) in [5.41, 5.74) is 0.617. The number of benzene rings is 1. The molecule has 0 amide bonds. The minimum absolute atomic E-state index is 0. The van der Waals surface area contributed by atoms with Gasteiger partial charge in [-0.15, -0.1) is 0 Å². The molecule has 1 radical (unpaired) electrons. The first-order valence-electron chi connectivity index (χ1n) is 4.06. The Morgan fingerprint density at radius 1 is 1.31 bits per heavy atom. The van der Waals surface area contributed by atoms with Gasteiger partial charge < -0.3 is 4.74 Å². The van der Waals surface area contributed by atoms with Crippen LogP contribution in [0.1, 0.15) is 23.7 Å². The number of carbonyl (C=O) groups excluding carboxylic acids is 1. The van der Waals surface area contributed by atoms with Crippen LogP contribution in [0.3, 0.4) is 0 Å². The van der Waals surface area contributed by atoms with Crippen molar-refractivity contribution in [3.8, 4) is 0 Å². The molecule has 0 atom stereocenters. The van der Waals surface area contributed by atoms with Crippen LogP contribution in [0.5, 0.6) is 0 Å². The zero-order valence-corrected chi connectivity index (χ0v) is 11.2. The molecule has 0 saturated carbocycles. The van der Waals surface area contributed by atoms with Crippen LogP contribution in [0.15, 0.2) is 30.3 Å². The topological polar surface area (TPSA) is 26.3 Å². The maximum atomic E-state index is 11.2. The minimum Gasteiger partial charge on any atom is -0.462 e. The van der Waals surface area contributed by atoms with Crippen LogP contribution >= 0.6 is 0 Å². The van der Waals surface area contributed by atoms with E-state index in [1.807, 2.05) is 25.1 Å². The predicted molar refractivity (Wildman–Crippen MR) is 52.8 cm³/mol. The van der Waals surface area contributed by atoms with E-state index in [9.17, 15) is 4.79 Å². The molecule has 0 fully saturated rings. The fraction of sp³-hybridized carbons (Fsp3) is 0.300. The Bertz CT molecular complexity index is 246. The van der Waals surface area contributed by atoms with E-state index < -0.39 is 0 Å². The fourth-order valence-corrected chi connectivity index (χ4v) is 0.852. The van der Waals surface area contributed by atoms with Gasteiger partial charge in [-0.1, -0.05) is 25.1 Å². The van der Waals surface area contributed by atoms with E-state index in [1.54, 1.807) is 12.1 Å². The van der Waals surface area contributed by atoms with Gasteiger partial charge in [-0.05, 0) is 18.6 Å². The van der Waals surface area contributed by atoms with E-state index in [0.29, 0.717) is 12.2 Å². The maximum absolute atomic E-state index is 11.2. The van der Waals surface area contributed by atoms with E-state index >= 15 is 0 Å². The number of carbonyl (C=O) groups is 1. The largest absolute Gasteiger partial charge is 0.462 e. The second kappa shape index (κ2) is 7.70. The van der Waals surface area contributed by atoms with Crippen LogP contribution in [0.25, 0.3) is 0 Å². The summed E-state index contributed by atoms with van der Waals surface area (Å²) in [6.07, 6.45) is 0.860. The Morgan fingerprint density at radius 2 is 1.92 bits per heavy atom. The van der Waals surface area contributed by atoms with Crippen molar-refractivity contribution in [2.24, 2.45) is 0 Å². The number of esters is 1. The van der Waals surface area contributed by atoms with Crippen molar-refractivity contribution in [2.75, 3.05) is 6.61 Å². The molecule has 1 rings (SSSR count). The summed E-state index contributed by atoms with van der Waals surface area (Å²) in [7, 11) is 0. The van der Waals surface area contributed by atoms with Crippen molar-refractivity contribution in [1.29, 1.82) is 0 Å². The van der Waals surface area contributed by atoms with Crippen LogP contribution < -0.4 is 0 Å². The molecule has 0 aliphatic heterocycles. The van der Waals surface area contributed by atoms with Crippen molar-refractivity contribution in [3.05, 3.63) is 35.9 Å². The summed E-state index contributed by atoms with van der Waals surface area (Å²) in [6, 6.07) is 9.01. The predicted octanol–water partition coefficient (Wildman–Crippen LogP) is 1.87. The molecule has 0 N–H and O–H groups in total. The van der Waals surface area contributed by atoms with E-state index in [2.05, 4.69) is 0 Å². The molecule has 0 unspecified atom stereocenters. The van der Waals surface area contributed by atoms with E-state index in [-0.39, 0.29) is 57.4 Å². The Morgan fingerprint density at radius 3 is 2.46 bits per heavy atom. The standard InChI is InChI=1S/C10H12O2.K/c1-2-8-12-10(11)9-6-4-3-5-7-9;/h3-7H,2,8H2,1H3;. The molecule has 65 valence electrons. The van der Waals surface area contributed by atoms with Crippen LogP contribution in [-0.4, -0.2) is 64.0 Å². The molecule has 0 aliphatic carbocycles. The first kappa shape index (κ1) is 13.3. The normalized spacial score (nSPS) is 8.69. The van der Waals surface area contributed by atoms with E-state index in [0.717, 1.165) is 6.42 Å². The monoisotopic (exact) mass is 203 g/mol. The molecular weight excluding hydrogens is 191 g/mol. The maximum Gasteiger partial charge on any atom is 0.338 e. The van der Waals surface area contributed by atoms with Crippen LogP contribution in [0.2, 0.25) is 0 Å². The summed E-state index contributed by atoms with van der Waals surface area (Å²) in [4.78, 5) is 11.2. The van der Waals surface area contributed by atoms with Gasteiger partial charge in [0.25, 0.3) is 0 Å². The zero-order chi connectivity index (χ0) is 8.81. The number of hydrogen-bond donors (Lipinski definition) is 0. The number of rotatable bonds is 3. The molecule has 1 aromatic rings. The first-order valence-corrected chi connectivity index (χ1v) is 4.06. The van der Waals surface area contributed by atoms with Crippen molar-refractivity contribution < 1.29 is 9.53 Å². The molecular formula is C10H12KO2. The smallest absolute Gasteiger partial charge is 0.338 e. The summed E-state index contributed by atoms with van der Waals surface area (Å²) in [5, 5.41) is 0. The molecule has 0 bridgehead atoms. The summed E-state index contributed by atoms with van der Waals surface area (Å²) < 4.78 is 4.94. The zero-order valence-electron chi connectivity index (χ0n) is 8.12. The van der Waals surface area contributed by atoms with Gasteiger partial charge in [0.15, 0.2) is 0 Å². The quantitative estimate of drug-likeness (QED) is 0.554. The molecule has 0 aromatic heterocycles. The van der Waals surface area contributed by atoms with Crippen LogP contribution in [0, 0.1) is 0 Å². The van der Waals surface area contributed by atoms with Crippen molar-refractivity contribution in [2.45, 2.75) is 13.3 Å². The number of ether oxygens (including phenoxy) is 1. The molecule has 0 spiro atoms. The van der Waals surface area contributed by atoms with Crippen molar-refractivity contribution in [3.63, 3.8) is 0 Å². The average molecular weight is 203 g/mol. The molecule has 13 heavy (non-hydrogen) atoms. The second-order valence-electron chi connectivity index (χ2n) is 2.50. The number of hydrogen-bond acceptors (Lipinski definition) is 2. The summed E-state index contributed by atoms with van der Waals surface area (Å²) in [5.74, 6) is -0.238. The molecule has 0 aliphatic rings.